The zero-order chi connectivity index (χ0) is 20.1. The Morgan fingerprint density at radius 2 is 1.83 bits per heavy atom. The molecule has 3 fully saturated rings. The minimum atomic E-state index is -0.318. The molecule has 3 aliphatic rings. The molecule has 2 aromatic rings. The van der Waals surface area contributed by atoms with E-state index in [0.29, 0.717) is 33.8 Å². The van der Waals surface area contributed by atoms with Crippen LogP contribution in [-0.4, -0.2) is 34.3 Å². The van der Waals surface area contributed by atoms with Gasteiger partial charge in [0.25, 0.3) is 0 Å². The van der Waals surface area contributed by atoms with Crippen LogP contribution in [0.5, 0.6) is 0 Å². The fraction of sp³-hybridized carbons (Fsp3) is 0.524. The number of carbonyl (C=O) groups excluding carboxylic acids is 1. The van der Waals surface area contributed by atoms with Crippen LogP contribution in [0, 0.1) is 0 Å². The summed E-state index contributed by atoms with van der Waals surface area (Å²) in [4.78, 5) is 13.6. The molecule has 0 spiro atoms. The van der Waals surface area contributed by atoms with Gasteiger partial charge in [-0.15, -0.1) is 0 Å². The van der Waals surface area contributed by atoms with Gasteiger partial charge < -0.3 is 19.9 Å². The molecule has 154 valence electrons. The van der Waals surface area contributed by atoms with Crippen molar-refractivity contribution in [1.82, 2.24) is 10.1 Å². The lowest BCUT2D eigenvalue weighted by Crippen LogP contribution is -2.50. The molecular formula is C21H23Cl2N3O3. The molecule has 5 rings (SSSR count). The topological polar surface area (TPSA) is 81.6 Å². The van der Waals surface area contributed by atoms with Crippen LogP contribution in [0.1, 0.15) is 55.8 Å². The number of nitrogens with two attached hydrogens (primary N) is 1. The van der Waals surface area contributed by atoms with Crippen molar-refractivity contribution in [3.05, 3.63) is 39.6 Å². The summed E-state index contributed by atoms with van der Waals surface area (Å²) in [7, 11) is 0. The van der Waals surface area contributed by atoms with Gasteiger partial charge in [0.2, 0.25) is 0 Å². The molecule has 1 aromatic heterocycles. The molecule has 3 heterocycles. The van der Waals surface area contributed by atoms with Crippen LogP contribution in [0.4, 0.5) is 4.79 Å². The molecule has 2 bridgehead atoms. The Labute approximate surface area is 179 Å². The molecule has 8 heteroatoms. The summed E-state index contributed by atoms with van der Waals surface area (Å²) in [6, 6.07) is 5.46. The van der Waals surface area contributed by atoms with Gasteiger partial charge in [0.05, 0.1) is 22.8 Å². The van der Waals surface area contributed by atoms with Gasteiger partial charge in [0, 0.05) is 29.1 Å². The molecule has 2 aliphatic heterocycles. The predicted molar refractivity (Wildman–Crippen MR) is 110 cm³/mol. The first-order valence-electron chi connectivity index (χ1n) is 10.1. The van der Waals surface area contributed by atoms with Crippen molar-refractivity contribution in [2.75, 3.05) is 0 Å². The standard InChI is InChI=1S/C21H23Cl2N3O3/c22-16-2-1-3-17(23)18(16)19-15(20(29-25-19)11-4-5-11)10-28-14-8-12-6-7-13(9-14)26(12)21(24)27/h1-3,11-14H,4-10H2,(H2,24,27)/t12-,13?,14?/m0/s1. The van der Waals surface area contributed by atoms with E-state index in [4.69, 9.17) is 38.2 Å². The number of amides is 2. The first kappa shape index (κ1) is 19.2. The van der Waals surface area contributed by atoms with E-state index >= 15 is 0 Å². The molecule has 6 nitrogen and oxygen atoms in total. The van der Waals surface area contributed by atoms with E-state index in [2.05, 4.69) is 5.16 Å². The number of halogens is 2. The molecule has 0 radical (unpaired) electrons. The monoisotopic (exact) mass is 435 g/mol. The Bertz CT molecular complexity index is 909. The van der Waals surface area contributed by atoms with Crippen molar-refractivity contribution >= 4 is 29.2 Å². The van der Waals surface area contributed by atoms with Crippen molar-refractivity contribution in [2.45, 2.75) is 69.2 Å². The number of carbonyl (C=O) groups is 1. The normalized spacial score (nSPS) is 26.1. The van der Waals surface area contributed by atoms with Crippen LogP contribution < -0.4 is 5.73 Å². The summed E-state index contributed by atoms with van der Waals surface area (Å²) in [6.07, 6.45) is 5.89. The Hall–Kier alpha value is -1.76. The first-order valence-corrected chi connectivity index (χ1v) is 10.9. The Balaban J connectivity index is 1.38. The van der Waals surface area contributed by atoms with Crippen molar-refractivity contribution in [3.8, 4) is 11.3 Å². The van der Waals surface area contributed by atoms with Gasteiger partial charge in [0.15, 0.2) is 0 Å². The Kier molecular flexibility index (Phi) is 4.96. The minimum absolute atomic E-state index is 0.0830. The van der Waals surface area contributed by atoms with Crippen molar-refractivity contribution in [3.63, 3.8) is 0 Å². The summed E-state index contributed by atoms with van der Waals surface area (Å²) in [6.45, 7) is 0.396. The molecule has 1 aromatic carbocycles. The lowest BCUT2D eigenvalue weighted by Gasteiger charge is -2.37. The Morgan fingerprint density at radius 1 is 1.17 bits per heavy atom. The second-order valence-corrected chi connectivity index (χ2v) is 9.09. The molecule has 2 unspecified atom stereocenters. The van der Waals surface area contributed by atoms with E-state index in [9.17, 15) is 4.79 Å². The highest BCUT2D eigenvalue weighted by atomic mass is 35.5. The number of rotatable bonds is 5. The van der Waals surface area contributed by atoms with Gasteiger partial charge in [-0.25, -0.2) is 4.79 Å². The Morgan fingerprint density at radius 3 is 2.41 bits per heavy atom. The fourth-order valence-corrected chi connectivity index (χ4v) is 5.45. The van der Waals surface area contributed by atoms with E-state index in [0.717, 1.165) is 49.8 Å². The number of aromatic nitrogens is 1. The van der Waals surface area contributed by atoms with Gasteiger partial charge in [-0.05, 0) is 50.7 Å². The zero-order valence-electron chi connectivity index (χ0n) is 15.9. The number of primary amides is 1. The third-order valence-electron chi connectivity index (χ3n) is 6.37. The molecule has 3 atom stereocenters. The summed E-state index contributed by atoms with van der Waals surface area (Å²) in [5.41, 5.74) is 7.85. The van der Waals surface area contributed by atoms with E-state index < -0.39 is 0 Å². The van der Waals surface area contributed by atoms with Crippen molar-refractivity contribution in [1.29, 1.82) is 0 Å². The maximum Gasteiger partial charge on any atom is 0.315 e. The first-order chi connectivity index (χ1) is 14.0. The van der Waals surface area contributed by atoms with E-state index in [1.165, 1.54) is 0 Å². The molecule has 2 amide bonds. The second-order valence-electron chi connectivity index (χ2n) is 8.28. The highest BCUT2D eigenvalue weighted by Crippen LogP contribution is 2.46. The highest BCUT2D eigenvalue weighted by molar-refractivity contribution is 6.39. The van der Waals surface area contributed by atoms with Crippen LogP contribution in [0.15, 0.2) is 22.7 Å². The van der Waals surface area contributed by atoms with Crippen molar-refractivity contribution < 1.29 is 14.1 Å². The van der Waals surface area contributed by atoms with E-state index in [-0.39, 0.29) is 24.2 Å². The maximum atomic E-state index is 11.7. The molecule has 2 N–H and O–H groups in total. The number of ether oxygens (including phenoxy) is 1. The number of fused-ring (bicyclic) bond motifs is 2. The largest absolute Gasteiger partial charge is 0.373 e. The van der Waals surface area contributed by atoms with Gasteiger partial charge in [0.1, 0.15) is 11.5 Å². The van der Waals surface area contributed by atoms with Crippen LogP contribution >= 0.6 is 23.2 Å². The summed E-state index contributed by atoms with van der Waals surface area (Å²) >= 11 is 12.9. The number of hydrogen-bond acceptors (Lipinski definition) is 4. The SMILES string of the molecule is NC(=O)N1C2CC[C@H]1CC(OCc1c(-c3c(Cl)cccc3Cl)noc1C1CC1)C2. The molecule has 1 saturated carbocycles. The lowest BCUT2D eigenvalue weighted by atomic mass is 9.99. The number of hydrogen-bond donors (Lipinski definition) is 1. The number of piperidine rings is 1. The summed E-state index contributed by atoms with van der Waals surface area (Å²) < 4.78 is 12.0. The summed E-state index contributed by atoms with van der Waals surface area (Å²) in [5, 5.41) is 5.40. The van der Waals surface area contributed by atoms with Gasteiger partial charge in [-0.1, -0.05) is 34.4 Å². The number of benzene rings is 1. The van der Waals surface area contributed by atoms with Gasteiger partial charge >= 0.3 is 6.03 Å². The second kappa shape index (κ2) is 7.49. The van der Waals surface area contributed by atoms with Crippen LogP contribution in [0.3, 0.4) is 0 Å². The zero-order valence-corrected chi connectivity index (χ0v) is 17.5. The number of urea groups is 1. The fourth-order valence-electron chi connectivity index (χ4n) is 4.87. The molecule has 29 heavy (non-hydrogen) atoms. The lowest BCUT2D eigenvalue weighted by molar-refractivity contribution is -0.0162. The molecular weight excluding hydrogens is 413 g/mol. The third-order valence-corrected chi connectivity index (χ3v) is 7.00. The maximum absolute atomic E-state index is 11.7. The average molecular weight is 436 g/mol. The van der Waals surface area contributed by atoms with Gasteiger partial charge in [-0.3, -0.25) is 0 Å². The minimum Gasteiger partial charge on any atom is -0.373 e. The highest BCUT2D eigenvalue weighted by Gasteiger charge is 2.43. The predicted octanol–water partition coefficient (Wildman–Crippen LogP) is 5.12. The number of nitrogens with zero attached hydrogens (tertiary/aromatic N) is 2. The third kappa shape index (κ3) is 3.51. The van der Waals surface area contributed by atoms with E-state index in [1.54, 1.807) is 12.1 Å². The average Bonchev–Trinajstić information content (AvgIpc) is 3.38. The molecule has 1 aliphatic carbocycles. The summed E-state index contributed by atoms with van der Waals surface area (Å²) in [5.74, 6) is 1.28. The van der Waals surface area contributed by atoms with E-state index in [1.807, 2.05) is 11.0 Å². The van der Waals surface area contributed by atoms with Crippen molar-refractivity contribution in [2.24, 2.45) is 5.73 Å². The smallest absolute Gasteiger partial charge is 0.315 e. The van der Waals surface area contributed by atoms with Gasteiger partial charge in [-0.2, -0.15) is 0 Å². The molecule has 2 saturated heterocycles. The van der Waals surface area contributed by atoms with Crippen LogP contribution in [-0.2, 0) is 11.3 Å². The quantitative estimate of drug-likeness (QED) is 0.706. The van der Waals surface area contributed by atoms with Crippen LogP contribution in [0.25, 0.3) is 11.3 Å². The van der Waals surface area contributed by atoms with Crippen LogP contribution in [0.2, 0.25) is 10.0 Å².